The first-order valence-electron chi connectivity index (χ1n) is 7.28. The molecule has 22 heavy (non-hydrogen) atoms. The molecular weight excluding hydrogens is 344 g/mol. The monoisotopic (exact) mass is 360 g/mol. The maximum absolute atomic E-state index is 12.4. The fraction of sp³-hybridized carbons (Fsp3) is 0.312. The van der Waals surface area contributed by atoms with E-state index in [2.05, 4.69) is 31.2 Å². The molecule has 1 amide bonds. The largest absolute Gasteiger partial charge is 0.340 e. The van der Waals surface area contributed by atoms with Crippen LogP contribution in [0.3, 0.4) is 0 Å². The minimum Gasteiger partial charge on any atom is -0.340 e. The average Bonchev–Trinajstić information content (AvgIpc) is 3.05. The van der Waals surface area contributed by atoms with Gasteiger partial charge in [0.25, 0.3) is 5.91 Å². The van der Waals surface area contributed by atoms with Crippen LogP contribution in [0.2, 0.25) is 0 Å². The van der Waals surface area contributed by atoms with Gasteiger partial charge in [0.05, 0.1) is 0 Å². The molecule has 2 aromatic rings. The number of halogens is 1. The third kappa shape index (κ3) is 3.27. The van der Waals surface area contributed by atoms with Crippen LogP contribution in [0, 0.1) is 6.92 Å². The van der Waals surface area contributed by atoms with Crippen molar-refractivity contribution >= 4 is 33.3 Å². The number of aromatic nitrogens is 2. The van der Waals surface area contributed by atoms with Gasteiger partial charge in [-0.3, -0.25) is 4.79 Å². The van der Waals surface area contributed by atoms with Gasteiger partial charge >= 0.3 is 0 Å². The number of hydrogen-bond donors (Lipinski definition) is 1. The minimum absolute atomic E-state index is 0.0186. The van der Waals surface area contributed by atoms with Gasteiger partial charge in [0.1, 0.15) is 17.8 Å². The van der Waals surface area contributed by atoms with Gasteiger partial charge in [0, 0.05) is 29.3 Å². The van der Waals surface area contributed by atoms with Gasteiger partial charge in [-0.1, -0.05) is 15.9 Å². The summed E-state index contributed by atoms with van der Waals surface area (Å²) in [5.74, 6) is 0.606. The van der Waals surface area contributed by atoms with Crippen molar-refractivity contribution in [1.82, 2.24) is 14.9 Å². The van der Waals surface area contributed by atoms with Crippen molar-refractivity contribution in [3.8, 4) is 0 Å². The van der Waals surface area contributed by atoms with E-state index in [1.807, 2.05) is 30.0 Å². The Morgan fingerprint density at radius 2 is 2.00 bits per heavy atom. The quantitative estimate of drug-likeness (QED) is 0.909. The second-order valence-corrected chi connectivity index (χ2v) is 6.23. The first-order chi connectivity index (χ1) is 10.6. The number of amides is 1. The lowest BCUT2D eigenvalue weighted by atomic mass is 10.2. The predicted octanol–water partition coefficient (Wildman–Crippen LogP) is 3.53. The Kier molecular flexibility index (Phi) is 4.38. The molecule has 1 aromatic heterocycles. The van der Waals surface area contributed by atoms with Crippen molar-refractivity contribution in [2.45, 2.75) is 19.8 Å². The zero-order valence-corrected chi connectivity index (χ0v) is 13.9. The van der Waals surface area contributed by atoms with Crippen LogP contribution in [0.1, 0.15) is 28.9 Å². The SMILES string of the molecule is Cc1cc(Nc2cc(C(=O)N3CCCC3)ncn2)ccc1Br. The molecule has 1 saturated heterocycles. The minimum atomic E-state index is -0.0186. The van der Waals surface area contributed by atoms with Crippen molar-refractivity contribution in [1.29, 1.82) is 0 Å². The highest BCUT2D eigenvalue weighted by molar-refractivity contribution is 9.10. The molecule has 3 rings (SSSR count). The zero-order valence-electron chi connectivity index (χ0n) is 12.3. The highest BCUT2D eigenvalue weighted by Crippen LogP contribution is 2.22. The van der Waals surface area contributed by atoms with E-state index in [9.17, 15) is 4.79 Å². The predicted molar refractivity (Wildman–Crippen MR) is 89.3 cm³/mol. The molecule has 0 aliphatic carbocycles. The summed E-state index contributed by atoms with van der Waals surface area (Å²) >= 11 is 3.48. The molecule has 0 radical (unpaired) electrons. The molecule has 0 spiro atoms. The van der Waals surface area contributed by atoms with E-state index in [4.69, 9.17) is 0 Å². The van der Waals surface area contributed by atoms with Crippen molar-refractivity contribution < 1.29 is 4.79 Å². The van der Waals surface area contributed by atoms with E-state index < -0.39 is 0 Å². The van der Waals surface area contributed by atoms with Crippen molar-refractivity contribution in [2.75, 3.05) is 18.4 Å². The molecular formula is C16H17BrN4O. The summed E-state index contributed by atoms with van der Waals surface area (Å²) < 4.78 is 1.06. The average molecular weight is 361 g/mol. The molecule has 2 heterocycles. The number of rotatable bonds is 3. The molecule has 114 valence electrons. The highest BCUT2D eigenvalue weighted by Gasteiger charge is 2.20. The maximum atomic E-state index is 12.4. The standard InChI is InChI=1S/C16H17BrN4O/c1-11-8-12(4-5-13(11)17)20-15-9-14(18-10-19-15)16(22)21-6-2-3-7-21/h4-5,8-10H,2-3,6-7H2,1H3,(H,18,19,20). The third-order valence-electron chi connectivity index (χ3n) is 3.71. The van der Waals surface area contributed by atoms with E-state index in [-0.39, 0.29) is 5.91 Å². The summed E-state index contributed by atoms with van der Waals surface area (Å²) in [4.78, 5) is 22.5. The number of carbonyl (C=O) groups excluding carboxylic acids is 1. The fourth-order valence-corrected chi connectivity index (χ4v) is 2.74. The summed E-state index contributed by atoms with van der Waals surface area (Å²) in [5.41, 5.74) is 2.50. The Bertz CT molecular complexity index is 698. The summed E-state index contributed by atoms with van der Waals surface area (Å²) in [7, 11) is 0. The molecule has 0 saturated carbocycles. The topological polar surface area (TPSA) is 58.1 Å². The zero-order chi connectivity index (χ0) is 15.5. The van der Waals surface area contributed by atoms with Gasteiger partial charge in [-0.2, -0.15) is 0 Å². The van der Waals surface area contributed by atoms with Crippen LogP contribution in [0.15, 0.2) is 35.1 Å². The second kappa shape index (κ2) is 6.44. The lowest BCUT2D eigenvalue weighted by Gasteiger charge is -2.15. The summed E-state index contributed by atoms with van der Waals surface area (Å²) in [6.45, 7) is 3.66. The number of carbonyl (C=O) groups is 1. The molecule has 1 aliphatic rings. The Labute approximate surface area is 137 Å². The molecule has 1 N–H and O–H groups in total. The maximum Gasteiger partial charge on any atom is 0.272 e. The number of likely N-dealkylation sites (tertiary alicyclic amines) is 1. The van der Waals surface area contributed by atoms with Crippen LogP contribution in [0.5, 0.6) is 0 Å². The first-order valence-corrected chi connectivity index (χ1v) is 8.07. The van der Waals surface area contributed by atoms with E-state index in [1.54, 1.807) is 6.07 Å². The smallest absolute Gasteiger partial charge is 0.272 e. The lowest BCUT2D eigenvalue weighted by Crippen LogP contribution is -2.28. The second-order valence-electron chi connectivity index (χ2n) is 5.38. The number of nitrogens with one attached hydrogen (secondary N) is 1. The molecule has 0 atom stereocenters. The normalized spacial score (nSPS) is 14.2. The van der Waals surface area contributed by atoms with E-state index in [1.165, 1.54) is 6.33 Å². The first kappa shape index (κ1) is 15.0. The van der Waals surface area contributed by atoms with Gasteiger partial charge in [0.15, 0.2) is 0 Å². The highest BCUT2D eigenvalue weighted by atomic mass is 79.9. The number of anilines is 2. The van der Waals surface area contributed by atoms with Gasteiger partial charge in [0.2, 0.25) is 0 Å². The molecule has 0 bridgehead atoms. The lowest BCUT2D eigenvalue weighted by molar-refractivity contribution is 0.0787. The molecule has 1 aliphatic heterocycles. The van der Waals surface area contributed by atoms with Gasteiger partial charge < -0.3 is 10.2 Å². The van der Waals surface area contributed by atoms with Crippen LogP contribution in [-0.4, -0.2) is 33.9 Å². The number of benzene rings is 1. The molecule has 6 heteroatoms. The van der Waals surface area contributed by atoms with E-state index in [0.717, 1.165) is 41.7 Å². The van der Waals surface area contributed by atoms with Crippen molar-refractivity contribution in [2.24, 2.45) is 0 Å². The molecule has 0 unspecified atom stereocenters. The molecule has 5 nitrogen and oxygen atoms in total. The number of hydrogen-bond acceptors (Lipinski definition) is 4. The Balaban J connectivity index is 1.78. The van der Waals surface area contributed by atoms with E-state index in [0.29, 0.717) is 11.5 Å². The Morgan fingerprint density at radius 3 is 2.73 bits per heavy atom. The number of aryl methyl sites for hydroxylation is 1. The van der Waals surface area contributed by atoms with E-state index >= 15 is 0 Å². The van der Waals surface area contributed by atoms with Crippen LogP contribution in [0.25, 0.3) is 0 Å². The Hall–Kier alpha value is -1.95. The molecule has 1 aromatic carbocycles. The van der Waals surface area contributed by atoms with Crippen LogP contribution >= 0.6 is 15.9 Å². The van der Waals surface area contributed by atoms with Crippen LogP contribution in [-0.2, 0) is 0 Å². The fourth-order valence-electron chi connectivity index (χ4n) is 2.50. The third-order valence-corrected chi connectivity index (χ3v) is 4.60. The van der Waals surface area contributed by atoms with Gasteiger partial charge in [-0.15, -0.1) is 0 Å². The van der Waals surface area contributed by atoms with Crippen molar-refractivity contribution in [3.63, 3.8) is 0 Å². The summed E-state index contributed by atoms with van der Waals surface area (Å²) in [6, 6.07) is 7.67. The van der Waals surface area contributed by atoms with Gasteiger partial charge in [-0.05, 0) is 43.5 Å². The molecule has 1 fully saturated rings. The van der Waals surface area contributed by atoms with Crippen molar-refractivity contribution in [3.05, 3.63) is 46.3 Å². The van der Waals surface area contributed by atoms with Crippen LogP contribution < -0.4 is 5.32 Å². The summed E-state index contributed by atoms with van der Waals surface area (Å²) in [5, 5.41) is 3.22. The number of nitrogens with zero attached hydrogens (tertiary/aromatic N) is 3. The Morgan fingerprint density at radius 1 is 1.23 bits per heavy atom. The van der Waals surface area contributed by atoms with Gasteiger partial charge in [-0.25, -0.2) is 9.97 Å². The summed E-state index contributed by atoms with van der Waals surface area (Å²) in [6.07, 6.45) is 3.57. The van der Waals surface area contributed by atoms with Crippen LogP contribution in [0.4, 0.5) is 11.5 Å².